The highest BCUT2D eigenvalue weighted by Gasteiger charge is 2.34. The summed E-state index contributed by atoms with van der Waals surface area (Å²) in [5.74, 6) is -0.0542. The van der Waals surface area contributed by atoms with Gasteiger partial charge in [-0.15, -0.1) is 12.4 Å². The summed E-state index contributed by atoms with van der Waals surface area (Å²) in [6.45, 7) is 1.65. The quantitative estimate of drug-likeness (QED) is 0.770. The van der Waals surface area contributed by atoms with Crippen LogP contribution in [0.3, 0.4) is 0 Å². The minimum atomic E-state index is -4.49. The third kappa shape index (κ3) is 5.61. The number of rotatable bonds is 4. The number of piperidine rings is 1. The van der Waals surface area contributed by atoms with E-state index in [2.05, 4.69) is 10.6 Å². The molecule has 2 N–H and O–H groups in total. The molecule has 3 rings (SSSR count). The van der Waals surface area contributed by atoms with Crippen molar-refractivity contribution in [2.45, 2.75) is 19.0 Å². The molecule has 2 aromatic carbocycles. The van der Waals surface area contributed by atoms with Gasteiger partial charge in [0.1, 0.15) is 11.5 Å². The van der Waals surface area contributed by atoms with Crippen molar-refractivity contribution in [1.29, 1.82) is 0 Å². The number of ether oxygens (including phenoxy) is 1. The van der Waals surface area contributed by atoms with Gasteiger partial charge in [0.2, 0.25) is 5.91 Å². The van der Waals surface area contributed by atoms with Crippen LogP contribution in [0.5, 0.6) is 11.5 Å². The molecule has 0 bridgehead atoms. The van der Waals surface area contributed by atoms with Gasteiger partial charge in [-0.25, -0.2) is 0 Å². The number of hydrogen-bond donors (Lipinski definition) is 2. The molecular formula is C19H20ClF3N2O2. The Hall–Kier alpha value is -2.25. The van der Waals surface area contributed by atoms with E-state index in [1.807, 2.05) is 0 Å². The number of nitrogens with one attached hydrogen (secondary N) is 2. The number of amides is 1. The predicted molar refractivity (Wildman–Crippen MR) is 99.4 cm³/mol. The average molecular weight is 401 g/mol. The fraction of sp³-hybridized carbons (Fsp3) is 0.316. The molecule has 1 fully saturated rings. The molecule has 0 radical (unpaired) electrons. The van der Waals surface area contributed by atoms with Gasteiger partial charge in [-0.2, -0.15) is 13.2 Å². The Labute approximate surface area is 161 Å². The topological polar surface area (TPSA) is 50.4 Å². The molecule has 1 aliphatic rings. The van der Waals surface area contributed by atoms with Crippen molar-refractivity contribution in [2.24, 2.45) is 5.92 Å². The molecule has 0 saturated carbocycles. The summed E-state index contributed by atoms with van der Waals surface area (Å²) in [7, 11) is 0. The summed E-state index contributed by atoms with van der Waals surface area (Å²) in [4.78, 5) is 12.2. The molecule has 0 aliphatic carbocycles. The summed E-state index contributed by atoms with van der Waals surface area (Å²) in [5, 5.41) is 6.04. The molecule has 1 amide bonds. The molecule has 0 atom stereocenters. The molecule has 0 aromatic heterocycles. The second-order valence-electron chi connectivity index (χ2n) is 6.13. The lowest BCUT2D eigenvalue weighted by Crippen LogP contribution is -2.34. The van der Waals surface area contributed by atoms with Gasteiger partial charge in [0.05, 0.1) is 5.56 Å². The minimum absolute atomic E-state index is 0. The summed E-state index contributed by atoms with van der Waals surface area (Å²) in [5.41, 5.74) is -0.242. The molecule has 1 heterocycles. The number of hydrogen-bond acceptors (Lipinski definition) is 3. The molecule has 27 heavy (non-hydrogen) atoms. The lowest BCUT2D eigenvalue weighted by atomic mass is 9.97. The summed E-state index contributed by atoms with van der Waals surface area (Å²) < 4.78 is 44.4. The summed E-state index contributed by atoms with van der Waals surface area (Å²) in [6, 6.07) is 11.3. The third-order valence-corrected chi connectivity index (χ3v) is 4.25. The molecule has 4 nitrogen and oxygen atoms in total. The van der Waals surface area contributed by atoms with Crippen LogP contribution in [0.4, 0.5) is 18.9 Å². The number of benzene rings is 2. The summed E-state index contributed by atoms with van der Waals surface area (Å²) >= 11 is 0. The fourth-order valence-corrected chi connectivity index (χ4v) is 2.85. The van der Waals surface area contributed by atoms with Crippen LogP contribution in [0, 0.1) is 5.92 Å². The SMILES string of the molecule is Cl.O=C(Nc1ccc(Oc2ccccc2C(F)(F)F)cc1)C1CCNCC1. The Balaban J connectivity index is 0.00000261. The Morgan fingerprint density at radius 3 is 2.30 bits per heavy atom. The maximum absolute atomic E-state index is 13.0. The molecule has 0 spiro atoms. The number of carbonyl (C=O) groups excluding carboxylic acids is 1. The highest BCUT2D eigenvalue weighted by Crippen LogP contribution is 2.38. The first-order valence-corrected chi connectivity index (χ1v) is 8.39. The zero-order chi connectivity index (χ0) is 18.6. The molecule has 1 saturated heterocycles. The Morgan fingerprint density at radius 1 is 1.04 bits per heavy atom. The molecular weight excluding hydrogens is 381 g/mol. The minimum Gasteiger partial charge on any atom is -0.457 e. The maximum Gasteiger partial charge on any atom is 0.419 e. The standard InChI is InChI=1S/C19H19F3N2O2.ClH/c20-19(21,22)16-3-1-2-4-17(16)26-15-7-5-14(6-8-15)24-18(25)13-9-11-23-12-10-13;/h1-8,13,23H,9-12H2,(H,24,25);1H. The number of para-hydroxylation sites is 1. The van der Waals surface area contributed by atoms with E-state index in [4.69, 9.17) is 4.74 Å². The van der Waals surface area contributed by atoms with Crippen LogP contribution in [0.1, 0.15) is 18.4 Å². The van der Waals surface area contributed by atoms with E-state index in [1.165, 1.54) is 30.3 Å². The second-order valence-corrected chi connectivity index (χ2v) is 6.13. The molecule has 1 aliphatic heterocycles. The van der Waals surface area contributed by atoms with Crippen LogP contribution in [-0.2, 0) is 11.0 Å². The van der Waals surface area contributed by atoms with Crippen molar-refractivity contribution in [3.8, 4) is 11.5 Å². The van der Waals surface area contributed by atoms with Crippen molar-refractivity contribution < 1.29 is 22.7 Å². The van der Waals surface area contributed by atoms with Gasteiger partial charge in [-0.1, -0.05) is 12.1 Å². The normalized spacial score (nSPS) is 14.9. The molecule has 146 valence electrons. The van der Waals surface area contributed by atoms with Crippen molar-refractivity contribution in [3.05, 3.63) is 54.1 Å². The Kier molecular flexibility index (Phi) is 7.10. The van der Waals surface area contributed by atoms with Gasteiger partial charge < -0.3 is 15.4 Å². The van der Waals surface area contributed by atoms with Crippen LogP contribution in [0.25, 0.3) is 0 Å². The lowest BCUT2D eigenvalue weighted by molar-refractivity contribution is -0.138. The van der Waals surface area contributed by atoms with Gasteiger partial charge in [-0.3, -0.25) is 4.79 Å². The zero-order valence-electron chi connectivity index (χ0n) is 14.4. The zero-order valence-corrected chi connectivity index (χ0v) is 15.2. The fourth-order valence-electron chi connectivity index (χ4n) is 2.85. The van der Waals surface area contributed by atoms with E-state index in [0.29, 0.717) is 5.69 Å². The van der Waals surface area contributed by atoms with Crippen LogP contribution in [-0.4, -0.2) is 19.0 Å². The van der Waals surface area contributed by atoms with Crippen molar-refractivity contribution in [2.75, 3.05) is 18.4 Å². The van der Waals surface area contributed by atoms with Gasteiger partial charge in [0, 0.05) is 11.6 Å². The Morgan fingerprint density at radius 2 is 1.67 bits per heavy atom. The molecule has 2 aromatic rings. The molecule has 0 unspecified atom stereocenters. The third-order valence-electron chi connectivity index (χ3n) is 4.25. The van der Waals surface area contributed by atoms with Crippen molar-refractivity contribution >= 4 is 24.0 Å². The van der Waals surface area contributed by atoms with Gasteiger partial charge in [0.15, 0.2) is 0 Å². The number of carbonyl (C=O) groups is 1. The van der Waals surface area contributed by atoms with E-state index in [0.717, 1.165) is 32.0 Å². The van der Waals surface area contributed by atoms with E-state index < -0.39 is 11.7 Å². The van der Waals surface area contributed by atoms with E-state index >= 15 is 0 Å². The lowest BCUT2D eigenvalue weighted by Gasteiger charge is -2.21. The maximum atomic E-state index is 13.0. The predicted octanol–water partition coefficient (Wildman–Crippen LogP) is 4.86. The smallest absolute Gasteiger partial charge is 0.419 e. The van der Waals surface area contributed by atoms with Gasteiger partial charge in [0.25, 0.3) is 0 Å². The first kappa shape index (κ1) is 21.1. The van der Waals surface area contributed by atoms with E-state index in [1.54, 1.807) is 12.1 Å². The van der Waals surface area contributed by atoms with Crippen LogP contribution < -0.4 is 15.4 Å². The van der Waals surface area contributed by atoms with Crippen molar-refractivity contribution in [1.82, 2.24) is 5.32 Å². The monoisotopic (exact) mass is 400 g/mol. The summed E-state index contributed by atoms with van der Waals surface area (Å²) in [6.07, 6.45) is -2.90. The van der Waals surface area contributed by atoms with E-state index in [-0.39, 0.29) is 35.7 Å². The van der Waals surface area contributed by atoms with Crippen LogP contribution in [0.15, 0.2) is 48.5 Å². The largest absolute Gasteiger partial charge is 0.457 e. The second kappa shape index (κ2) is 9.10. The molecule has 8 heteroatoms. The first-order valence-electron chi connectivity index (χ1n) is 8.39. The number of anilines is 1. The van der Waals surface area contributed by atoms with Crippen molar-refractivity contribution in [3.63, 3.8) is 0 Å². The van der Waals surface area contributed by atoms with Gasteiger partial charge in [-0.05, 0) is 62.3 Å². The van der Waals surface area contributed by atoms with E-state index in [9.17, 15) is 18.0 Å². The average Bonchev–Trinajstić information content (AvgIpc) is 2.63. The highest BCUT2D eigenvalue weighted by molar-refractivity contribution is 5.92. The number of halogens is 4. The van der Waals surface area contributed by atoms with Crippen LogP contribution >= 0.6 is 12.4 Å². The van der Waals surface area contributed by atoms with Crippen LogP contribution in [0.2, 0.25) is 0 Å². The number of alkyl halides is 3. The highest BCUT2D eigenvalue weighted by atomic mass is 35.5. The first-order chi connectivity index (χ1) is 12.4. The Bertz CT molecular complexity index is 760. The van der Waals surface area contributed by atoms with Gasteiger partial charge >= 0.3 is 6.18 Å².